The zero-order valence-corrected chi connectivity index (χ0v) is 19.5. The molecule has 0 radical (unpaired) electrons. The molecule has 0 aliphatic carbocycles. The van der Waals surface area contributed by atoms with Gasteiger partial charge in [-0.1, -0.05) is 39.5 Å². The van der Waals surface area contributed by atoms with Gasteiger partial charge in [-0.2, -0.15) is 5.26 Å². The normalized spacial score (nSPS) is 10.9. The summed E-state index contributed by atoms with van der Waals surface area (Å²) in [7, 11) is 1.90. The number of thioether (sulfide) groups is 1. The Hall–Kier alpha value is -1.29. The van der Waals surface area contributed by atoms with Crippen LogP contribution in [-0.4, -0.2) is 64.5 Å². The number of amides is 1. The molecule has 0 fully saturated rings. The zero-order chi connectivity index (χ0) is 22.2. The zero-order valence-electron chi connectivity index (χ0n) is 18.7. The molecule has 0 aliphatic heterocycles. The number of hydrogen-bond donors (Lipinski definition) is 2. The summed E-state index contributed by atoms with van der Waals surface area (Å²) < 4.78 is 16.4. The van der Waals surface area contributed by atoms with E-state index in [9.17, 15) is 4.79 Å². The lowest BCUT2D eigenvalue weighted by Crippen LogP contribution is -2.25. The maximum Gasteiger partial charge on any atom is 0.223 e. The Morgan fingerprint density at radius 2 is 1.76 bits per heavy atom. The van der Waals surface area contributed by atoms with Crippen LogP contribution in [0, 0.1) is 28.4 Å². The highest BCUT2D eigenvalue weighted by Crippen LogP contribution is 2.16. The molecule has 0 bridgehead atoms. The van der Waals surface area contributed by atoms with E-state index in [1.165, 1.54) is 0 Å². The minimum atomic E-state index is -0.119. The molecule has 0 heterocycles. The van der Waals surface area contributed by atoms with Crippen molar-refractivity contribution in [1.29, 1.82) is 5.26 Å². The molecule has 0 aromatic heterocycles. The quantitative estimate of drug-likeness (QED) is 0.169. The first kappa shape index (κ1) is 29.9. The van der Waals surface area contributed by atoms with Crippen molar-refractivity contribution >= 4 is 17.7 Å². The number of ether oxygens (including phenoxy) is 3. The molecule has 0 saturated carbocycles. The lowest BCUT2D eigenvalue weighted by molar-refractivity contribution is -0.122. The summed E-state index contributed by atoms with van der Waals surface area (Å²) in [4.78, 5) is 11.5. The lowest BCUT2D eigenvalue weighted by atomic mass is 10.2. The van der Waals surface area contributed by atoms with Crippen molar-refractivity contribution in [1.82, 2.24) is 10.6 Å². The topological polar surface area (TPSA) is 92.6 Å². The van der Waals surface area contributed by atoms with Gasteiger partial charge in [0, 0.05) is 12.3 Å². The molecule has 1 amide bonds. The molecule has 2 N–H and O–H groups in total. The van der Waals surface area contributed by atoms with Gasteiger partial charge in [-0.15, -0.1) is 0 Å². The van der Waals surface area contributed by atoms with Crippen molar-refractivity contribution < 1.29 is 19.0 Å². The van der Waals surface area contributed by atoms with E-state index in [4.69, 9.17) is 19.5 Å². The molecule has 168 valence electrons. The standard InChI is InChI=1S/C19H33N3O4S.C2H6/c1-17(2)6-4-10-22-18(23)8-11-24-12-13-25-14-15-26-19(27-16-20)7-5-9-21-3;1-2/h17,19,21H,5,7-15H2,1-3H3,(H,22,23);1-2H3. The highest BCUT2D eigenvalue weighted by Gasteiger charge is 2.09. The predicted octanol–water partition coefficient (Wildman–Crippen LogP) is 2.77. The molecule has 0 aromatic carbocycles. The first-order chi connectivity index (χ1) is 14.1. The van der Waals surface area contributed by atoms with Crippen molar-refractivity contribution in [2.45, 2.75) is 52.4 Å². The van der Waals surface area contributed by atoms with E-state index in [-0.39, 0.29) is 11.3 Å². The lowest BCUT2D eigenvalue weighted by Gasteiger charge is -2.14. The van der Waals surface area contributed by atoms with E-state index in [1.807, 2.05) is 34.7 Å². The summed E-state index contributed by atoms with van der Waals surface area (Å²) in [6, 6.07) is 0. The highest BCUT2D eigenvalue weighted by atomic mass is 32.2. The van der Waals surface area contributed by atoms with Crippen LogP contribution < -0.4 is 10.6 Å². The van der Waals surface area contributed by atoms with Crippen molar-refractivity contribution in [2.24, 2.45) is 5.92 Å². The Balaban J connectivity index is 0. The van der Waals surface area contributed by atoms with E-state index in [0.717, 1.165) is 31.1 Å². The third-order valence-electron chi connectivity index (χ3n) is 3.19. The summed E-state index contributed by atoms with van der Waals surface area (Å²) in [5.41, 5.74) is -0.119. The van der Waals surface area contributed by atoms with E-state index < -0.39 is 0 Å². The first-order valence-corrected chi connectivity index (χ1v) is 11.2. The van der Waals surface area contributed by atoms with Gasteiger partial charge in [0.2, 0.25) is 5.91 Å². The number of rotatable bonds is 16. The molecule has 1 unspecified atom stereocenters. The highest BCUT2D eigenvalue weighted by molar-refractivity contribution is 8.04. The second kappa shape index (κ2) is 24.7. The minimum absolute atomic E-state index is 0.0679. The molecule has 1 atom stereocenters. The van der Waals surface area contributed by atoms with Crippen molar-refractivity contribution in [3.63, 3.8) is 0 Å². The number of carbonyl (C=O) groups is 1. The van der Waals surface area contributed by atoms with Crippen LogP contribution in [0.1, 0.15) is 47.0 Å². The summed E-state index contributed by atoms with van der Waals surface area (Å²) in [5.74, 6) is 6.13. The van der Waals surface area contributed by atoms with Crippen molar-refractivity contribution in [3.8, 4) is 17.2 Å². The van der Waals surface area contributed by atoms with E-state index in [2.05, 4.69) is 27.9 Å². The fraction of sp³-hybridized carbons (Fsp3) is 0.810. The Bertz CT molecular complexity index is 473. The van der Waals surface area contributed by atoms with E-state index in [0.29, 0.717) is 51.9 Å². The molecule has 0 saturated heterocycles. The van der Waals surface area contributed by atoms with Gasteiger partial charge in [0.25, 0.3) is 0 Å². The Kier molecular flexibility index (Phi) is 25.5. The van der Waals surface area contributed by atoms with Gasteiger partial charge in [0.15, 0.2) is 0 Å². The number of nitrogens with one attached hydrogen (secondary N) is 2. The Labute approximate surface area is 181 Å². The molecule has 7 nitrogen and oxygen atoms in total. The first-order valence-electron chi connectivity index (χ1n) is 10.3. The molecular formula is C21H39N3O4S. The second-order valence-corrected chi connectivity index (χ2v) is 6.93. The van der Waals surface area contributed by atoms with Crippen LogP contribution in [0.15, 0.2) is 0 Å². The molecule has 29 heavy (non-hydrogen) atoms. The van der Waals surface area contributed by atoms with Gasteiger partial charge >= 0.3 is 0 Å². The van der Waals surface area contributed by atoms with Gasteiger partial charge < -0.3 is 24.8 Å². The second-order valence-electron chi connectivity index (χ2n) is 5.98. The summed E-state index contributed by atoms with van der Waals surface area (Å²) in [6.45, 7) is 11.4. The van der Waals surface area contributed by atoms with E-state index in [1.54, 1.807) is 0 Å². The SMILES string of the molecule is CC.CNCCCC(OCCOCCOCCC(=O)NCC#CC(C)C)SC#N. The number of nitrogens with zero attached hydrogens (tertiary/aromatic N) is 1. The summed E-state index contributed by atoms with van der Waals surface area (Å²) >= 11 is 1.14. The third kappa shape index (κ3) is 24.7. The van der Waals surface area contributed by atoms with Crippen molar-refractivity contribution in [3.05, 3.63) is 0 Å². The minimum Gasteiger partial charge on any atom is -0.379 e. The number of nitriles is 1. The van der Waals surface area contributed by atoms with Gasteiger partial charge in [0.05, 0.1) is 39.6 Å². The predicted molar refractivity (Wildman–Crippen MR) is 119 cm³/mol. The third-order valence-corrected chi connectivity index (χ3v) is 3.93. The molecule has 8 heteroatoms. The van der Waals surface area contributed by atoms with E-state index >= 15 is 0 Å². The van der Waals surface area contributed by atoms with Crippen LogP contribution in [0.4, 0.5) is 0 Å². The summed E-state index contributed by atoms with van der Waals surface area (Å²) in [6.07, 6.45) is 2.10. The van der Waals surface area contributed by atoms with Crippen LogP contribution in [0.2, 0.25) is 0 Å². The molecule has 0 aromatic rings. The van der Waals surface area contributed by atoms with Crippen LogP contribution in [0.5, 0.6) is 0 Å². The van der Waals surface area contributed by atoms with Gasteiger partial charge in [-0.3, -0.25) is 4.79 Å². The number of carbonyl (C=O) groups excluding carboxylic acids is 1. The van der Waals surface area contributed by atoms with Crippen LogP contribution in [0.3, 0.4) is 0 Å². The molecular weight excluding hydrogens is 390 g/mol. The Morgan fingerprint density at radius 1 is 1.10 bits per heavy atom. The average Bonchev–Trinajstić information content (AvgIpc) is 2.71. The summed E-state index contributed by atoms with van der Waals surface area (Å²) in [5, 5.41) is 16.6. The number of hydrogen-bond acceptors (Lipinski definition) is 7. The average molecular weight is 430 g/mol. The van der Waals surface area contributed by atoms with Crippen LogP contribution >= 0.6 is 11.8 Å². The van der Waals surface area contributed by atoms with Crippen molar-refractivity contribution in [2.75, 3.05) is 53.2 Å². The van der Waals surface area contributed by atoms with Gasteiger partial charge in [-0.05, 0) is 38.2 Å². The maximum absolute atomic E-state index is 11.5. The largest absolute Gasteiger partial charge is 0.379 e. The fourth-order valence-corrected chi connectivity index (χ4v) is 2.46. The maximum atomic E-state index is 11.5. The molecule has 0 spiro atoms. The van der Waals surface area contributed by atoms with Crippen LogP contribution in [-0.2, 0) is 19.0 Å². The fourth-order valence-electron chi connectivity index (χ4n) is 1.89. The van der Waals surface area contributed by atoms with Gasteiger partial charge in [-0.25, -0.2) is 0 Å². The molecule has 0 rings (SSSR count). The molecule has 0 aliphatic rings. The van der Waals surface area contributed by atoms with Crippen LogP contribution in [0.25, 0.3) is 0 Å². The van der Waals surface area contributed by atoms with Gasteiger partial charge in [0.1, 0.15) is 10.8 Å². The monoisotopic (exact) mass is 429 g/mol. The smallest absolute Gasteiger partial charge is 0.223 e. The Morgan fingerprint density at radius 3 is 2.38 bits per heavy atom. The number of thiocyanates is 1.